The Bertz CT molecular complexity index is 991. The highest BCUT2D eigenvalue weighted by atomic mass is 32.1. The molecule has 6 nitrogen and oxygen atoms in total. The zero-order valence-corrected chi connectivity index (χ0v) is 15.2. The number of aromatic nitrogens is 1. The van der Waals surface area contributed by atoms with Crippen LogP contribution < -0.4 is 9.54 Å². The number of thiazole rings is 1. The van der Waals surface area contributed by atoms with E-state index in [1.807, 2.05) is 42.5 Å². The van der Waals surface area contributed by atoms with Gasteiger partial charge in [0.1, 0.15) is 12.3 Å². The van der Waals surface area contributed by atoms with Crippen molar-refractivity contribution in [3.8, 4) is 5.75 Å². The zero-order valence-electron chi connectivity index (χ0n) is 14.4. The highest BCUT2D eigenvalue weighted by molar-refractivity contribution is 7.16. The number of hydrogen-bond donors (Lipinski definition) is 0. The number of carbonyl (C=O) groups is 2. The number of amides is 1. The molecule has 0 aliphatic heterocycles. The lowest BCUT2D eigenvalue weighted by atomic mass is 10.3. The first-order chi connectivity index (χ1) is 12.6. The molecule has 1 unspecified atom stereocenters. The van der Waals surface area contributed by atoms with Gasteiger partial charge in [0.15, 0.2) is 10.9 Å². The van der Waals surface area contributed by atoms with Crippen LogP contribution in [0.25, 0.3) is 10.2 Å². The number of hydrogen-bond acceptors (Lipinski definition) is 5. The summed E-state index contributed by atoms with van der Waals surface area (Å²) in [6.07, 6.45) is -0.741. The second kappa shape index (κ2) is 7.97. The molecule has 2 aromatic carbocycles. The van der Waals surface area contributed by atoms with Crippen LogP contribution in [0.4, 0.5) is 0 Å². The lowest BCUT2D eigenvalue weighted by Gasteiger charge is -2.10. The highest BCUT2D eigenvalue weighted by Gasteiger charge is 2.16. The molecule has 1 heterocycles. The van der Waals surface area contributed by atoms with E-state index in [0.29, 0.717) is 10.6 Å². The van der Waals surface area contributed by atoms with Crippen molar-refractivity contribution >= 4 is 33.4 Å². The molecule has 0 saturated carbocycles. The molecule has 1 aromatic heterocycles. The molecule has 1 atom stereocenters. The summed E-state index contributed by atoms with van der Waals surface area (Å²) in [5.74, 6) is -0.225. The first kappa shape index (κ1) is 17.9. The van der Waals surface area contributed by atoms with Gasteiger partial charge in [-0.3, -0.25) is 9.59 Å². The Kier molecular flexibility index (Phi) is 5.48. The average molecular weight is 370 g/mol. The van der Waals surface area contributed by atoms with E-state index in [9.17, 15) is 9.59 Å². The van der Waals surface area contributed by atoms with Crippen LogP contribution in [0.2, 0.25) is 0 Å². The van der Waals surface area contributed by atoms with E-state index in [-0.39, 0.29) is 6.54 Å². The van der Waals surface area contributed by atoms with Crippen LogP contribution in [-0.2, 0) is 20.9 Å². The van der Waals surface area contributed by atoms with Gasteiger partial charge < -0.3 is 14.0 Å². The number of rotatable bonds is 5. The minimum Gasteiger partial charge on any atom is -0.481 e. The van der Waals surface area contributed by atoms with Gasteiger partial charge in [-0.2, -0.15) is 4.99 Å². The molecule has 0 N–H and O–H groups in total. The Labute approximate surface area is 154 Å². The molecule has 0 aliphatic carbocycles. The van der Waals surface area contributed by atoms with Crippen molar-refractivity contribution in [1.29, 1.82) is 0 Å². The number of fused-ring (bicyclic) bond motifs is 1. The Balaban J connectivity index is 1.93. The molecular weight excluding hydrogens is 352 g/mol. The van der Waals surface area contributed by atoms with Gasteiger partial charge >= 0.3 is 5.97 Å². The van der Waals surface area contributed by atoms with Gasteiger partial charge in [0.25, 0.3) is 5.91 Å². The SMILES string of the molecule is COC(=O)Cn1c(=NC(=O)C(C)Oc2ccccc2)sc2ccccc21. The third-order valence-electron chi connectivity index (χ3n) is 3.71. The van der Waals surface area contributed by atoms with Crippen molar-refractivity contribution in [1.82, 2.24) is 4.57 Å². The van der Waals surface area contributed by atoms with E-state index in [4.69, 9.17) is 9.47 Å². The van der Waals surface area contributed by atoms with Gasteiger partial charge in [0, 0.05) is 0 Å². The van der Waals surface area contributed by atoms with Crippen LogP contribution in [0.3, 0.4) is 0 Å². The molecular formula is C19H18N2O4S. The standard InChI is InChI=1S/C19H18N2O4S/c1-13(25-14-8-4-3-5-9-14)18(23)20-19-21(12-17(22)24-2)15-10-6-7-11-16(15)26-19/h3-11,13H,12H2,1-2H3. The smallest absolute Gasteiger partial charge is 0.325 e. The summed E-state index contributed by atoms with van der Waals surface area (Å²) >= 11 is 1.34. The van der Waals surface area contributed by atoms with Crippen molar-refractivity contribution in [2.24, 2.45) is 4.99 Å². The molecule has 0 bridgehead atoms. The fourth-order valence-corrected chi connectivity index (χ4v) is 3.43. The first-order valence-electron chi connectivity index (χ1n) is 8.04. The highest BCUT2D eigenvalue weighted by Crippen LogP contribution is 2.17. The quantitative estimate of drug-likeness (QED) is 0.648. The lowest BCUT2D eigenvalue weighted by Crippen LogP contribution is -2.27. The van der Waals surface area contributed by atoms with Crippen LogP contribution in [0.15, 0.2) is 59.6 Å². The largest absolute Gasteiger partial charge is 0.481 e. The maximum Gasteiger partial charge on any atom is 0.325 e. The molecule has 26 heavy (non-hydrogen) atoms. The van der Waals surface area contributed by atoms with Gasteiger partial charge in [-0.1, -0.05) is 41.7 Å². The minimum absolute atomic E-state index is 0.0133. The Morgan fingerprint density at radius 3 is 2.54 bits per heavy atom. The van der Waals surface area contributed by atoms with Crippen molar-refractivity contribution in [2.45, 2.75) is 19.6 Å². The maximum absolute atomic E-state index is 12.5. The summed E-state index contributed by atoms with van der Waals surface area (Å²) in [7, 11) is 1.33. The topological polar surface area (TPSA) is 69.9 Å². The lowest BCUT2D eigenvalue weighted by molar-refractivity contribution is -0.141. The van der Waals surface area contributed by atoms with E-state index in [2.05, 4.69) is 4.99 Å². The third kappa shape index (κ3) is 4.00. The third-order valence-corrected chi connectivity index (χ3v) is 4.77. The summed E-state index contributed by atoms with van der Waals surface area (Å²) in [5.41, 5.74) is 0.825. The zero-order chi connectivity index (χ0) is 18.5. The second-order valence-corrected chi connectivity index (χ2v) is 6.55. The van der Waals surface area contributed by atoms with E-state index in [1.54, 1.807) is 23.6 Å². The molecule has 0 spiro atoms. The summed E-state index contributed by atoms with van der Waals surface area (Å²) < 4.78 is 13.0. The Morgan fingerprint density at radius 2 is 1.81 bits per heavy atom. The van der Waals surface area contributed by atoms with Gasteiger partial charge in [0.2, 0.25) is 0 Å². The van der Waals surface area contributed by atoms with E-state index in [0.717, 1.165) is 10.2 Å². The normalized spacial score (nSPS) is 12.8. The summed E-state index contributed by atoms with van der Waals surface area (Å²) in [6.45, 7) is 1.64. The number of methoxy groups -OCH3 is 1. The van der Waals surface area contributed by atoms with Crippen molar-refractivity contribution < 1.29 is 19.1 Å². The second-order valence-electron chi connectivity index (χ2n) is 5.54. The number of esters is 1. The summed E-state index contributed by atoms with van der Waals surface area (Å²) in [4.78, 5) is 28.9. The predicted molar refractivity (Wildman–Crippen MR) is 98.9 cm³/mol. The number of ether oxygens (including phenoxy) is 2. The number of carbonyl (C=O) groups excluding carboxylic acids is 2. The first-order valence-corrected chi connectivity index (χ1v) is 8.85. The van der Waals surface area contributed by atoms with Gasteiger partial charge in [-0.05, 0) is 31.2 Å². The molecule has 0 radical (unpaired) electrons. The van der Waals surface area contributed by atoms with Crippen LogP contribution in [0.5, 0.6) is 5.75 Å². The molecule has 3 aromatic rings. The molecule has 0 aliphatic rings. The maximum atomic E-state index is 12.5. The molecule has 0 fully saturated rings. The van der Waals surface area contributed by atoms with Gasteiger partial charge in [-0.15, -0.1) is 0 Å². The molecule has 3 rings (SSSR count). The molecule has 7 heteroatoms. The molecule has 134 valence electrons. The number of benzene rings is 2. The van der Waals surface area contributed by atoms with Crippen LogP contribution in [-0.4, -0.2) is 29.7 Å². The van der Waals surface area contributed by atoms with Gasteiger partial charge in [0.05, 0.1) is 17.3 Å². The van der Waals surface area contributed by atoms with Crippen molar-refractivity contribution in [2.75, 3.05) is 7.11 Å². The monoisotopic (exact) mass is 370 g/mol. The van der Waals surface area contributed by atoms with E-state index >= 15 is 0 Å². The molecule has 1 amide bonds. The van der Waals surface area contributed by atoms with Crippen molar-refractivity contribution in [3.63, 3.8) is 0 Å². The molecule has 0 saturated heterocycles. The number of nitrogens with zero attached hydrogens (tertiary/aromatic N) is 2. The van der Waals surface area contributed by atoms with Crippen LogP contribution in [0.1, 0.15) is 6.92 Å². The van der Waals surface area contributed by atoms with E-state index in [1.165, 1.54) is 18.4 Å². The average Bonchev–Trinajstić information content (AvgIpc) is 2.99. The summed E-state index contributed by atoms with van der Waals surface area (Å²) in [6, 6.07) is 16.7. The fraction of sp³-hybridized carbons (Fsp3) is 0.211. The Hall–Kier alpha value is -2.93. The predicted octanol–water partition coefficient (Wildman–Crippen LogP) is 2.77. The van der Waals surface area contributed by atoms with E-state index < -0.39 is 18.0 Å². The van der Waals surface area contributed by atoms with Crippen LogP contribution in [0, 0.1) is 0 Å². The fourth-order valence-electron chi connectivity index (χ4n) is 2.39. The number of para-hydroxylation sites is 2. The van der Waals surface area contributed by atoms with Crippen LogP contribution >= 0.6 is 11.3 Å². The summed E-state index contributed by atoms with van der Waals surface area (Å²) in [5, 5.41) is 0. The van der Waals surface area contributed by atoms with Crippen molar-refractivity contribution in [3.05, 3.63) is 59.4 Å². The Morgan fingerprint density at radius 1 is 1.12 bits per heavy atom. The minimum atomic E-state index is -0.741. The van der Waals surface area contributed by atoms with Gasteiger partial charge in [-0.25, -0.2) is 0 Å².